The van der Waals surface area contributed by atoms with Gasteiger partial charge >= 0.3 is 7.12 Å². The minimum Gasteiger partial charge on any atom is -0.423 e. The van der Waals surface area contributed by atoms with Crippen LogP contribution in [-0.4, -0.2) is 39.5 Å². The molecular weight excluding hydrogens is 362 g/mol. The van der Waals surface area contributed by atoms with Crippen LogP contribution in [0.15, 0.2) is 36.4 Å². The summed E-state index contributed by atoms with van der Waals surface area (Å²) in [5.41, 5.74) is 3.05. The van der Waals surface area contributed by atoms with E-state index in [9.17, 15) is 24.0 Å². The summed E-state index contributed by atoms with van der Waals surface area (Å²) in [4.78, 5) is 25.7. The number of hydrogen-bond acceptors (Lipinski definition) is 4. The third-order valence-electron chi connectivity index (χ3n) is 4.11. The van der Waals surface area contributed by atoms with E-state index >= 15 is 0 Å². The van der Waals surface area contributed by atoms with Gasteiger partial charge in [-0.3, -0.25) is 15.0 Å². The molecule has 0 atom stereocenters. The highest BCUT2D eigenvalue weighted by molar-refractivity contribution is 6.58. The zero-order valence-corrected chi connectivity index (χ0v) is 16.6. The van der Waals surface area contributed by atoms with Gasteiger partial charge in [0.15, 0.2) is 0 Å². The maximum Gasteiger partial charge on any atom is 0.491 e. The van der Waals surface area contributed by atoms with E-state index in [1.54, 1.807) is 32.9 Å². The molecule has 0 radical (unpaired) electrons. The molecule has 8 heteroatoms. The molecule has 0 saturated carbocycles. The number of carbonyl (C=O) groups is 2. The Morgan fingerprint density at radius 2 is 1.64 bits per heavy atom. The van der Waals surface area contributed by atoms with Crippen molar-refractivity contribution in [3.8, 4) is 0 Å². The molecule has 0 aliphatic heterocycles. The number of hydrazine groups is 1. The first-order valence-electron chi connectivity index (χ1n) is 8.80. The highest BCUT2D eigenvalue weighted by atomic mass is 19.1. The van der Waals surface area contributed by atoms with Crippen molar-refractivity contribution < 1.29 is 24.0 Å². The molecule has 2 aromatic rings. The van der Waals surface area contributed by atoms with Crippen molar-refractivity contribution in [3.05, 3.63) is 64.5 Å². The fourth-order valence-electron chi connectivity index (χ4n) is 2.84. The molecule has 0 heterocycles. The van der Waals surface area contributed by atoms with Gasteiger partial charge in [0.2, 0.25) is 0 Å². The van der Waals surface area contributed by atoms with Gasteiger partial charge in [0.25, 0.3) is 11.8 Å². The number of rotatable bonds is 3. The van der Waals surface area contributed by atoms with Crippen LogP contribution in [0.25, 0.3) is 0 Å². The molecule has 2 aromatic carbocycles. The maximum absolute atomic E-state index is 14.5. The van der Waals surface area contributed by atoms with E-state index < -0.39 is 41.3 Å². The van der Waals surface area contributed by atoms with Crippen LogP contribution in [0.1, 0.15) is 52.6 Å². The number of amides is 2. The first-order chi connectivity index (χ1) is 12.9. The second kappa shape index (κ2) is 8.12. The first kappa shape index (κ1) is 21.6. The summed E-state index contributed by atoms with van der Waals surface area (Å²) in [6, 6.07) is 9.06. The van der Waals surface area contributed by atoms with Crippen molar-refractivity contribution in [1.29, 1.82) is 0 Å². The molecule has 0 unspecified atom stereocenters. The van der Waals surface area contributed by atoms with Gasteiger partial charge in [-0.1, -0.05) is 29.3 Å². The smallest absolute Gasteiger partial charge is 0.423 e. The summed E-state index contributed by atoms with van der Waals surface area (Å²) >= 11 is 0. The first-order valence-corrected chi connectivity index (χ1v) is 8.80. The van der Waals surface area contributed by atoms with Crippen LogP contribution in [-0.2, 0) is 0 Å². The minimum absolute atomic E-state index is 0.395. The SMILES string of the molecule is Cc1cc(C)cc(C(=O)N(NC(=O)c2cccc(B(O)O)c2F)C(C)(C)C)c1. The Balaban J connectivity index is 2.39. The van der Waals surface area contributed by atoms with E-state index in [4.69, 9.17) is 0 Å². The Morgan fingerprint density at radius 1 is 1.07 bits per heavy atom. The lowest BCUT2D eigenvalue weighted by Gasteiger charge is -2.35. The molecule has 0 aliphatic rings. The molecule has 0 aromatic heterocycles. The predicted molar refractivity (Wildman–Crippen MR) is 106 cm³/mol. The van der Waals surface area contributed by atoms with E-state index in [1.165, 1.54) is 18.2 Å². The fourth-order valence-corrected chi connectivity index (χ4v) is 2.84. The summed E-state index contributed by atoms with van der Waals surface area (Å²) in [6.45, 7) is 8.93. The van der Waals surface area contributed by atoms with Crippen LogP contribution in [0, 0.1) is 19.7 Å². The third kappa shape index (κ3) is 4.77. The van der Waals surface area contributed by atoms with Crippen molar-refractivity contribution in [1.82, 2.24) is 10.4 Å². The van der Waals surface area contributed by atoms with E-state index in [0.717, 1.165) is 16.1 Å². The number of aryl methyl sites for hydroxylation is 2. The molecule has 0 bridgehead atoms. The summed E-state index contributed by atoms with van der Waals surface area (Å²) in [7, 11) is -2.05. The summed E-state index contributed by atoms with van der Waals surface area (Å²) in [5.74, 6) is -2.36. The Kier molecular flexibility index (Phi) is 6.26. The largest absolute Gasteiger partial charge is 0.491 e. The molecule has 0 saturated heterocycles. The van der Waals surface area contributed by atoms with Gasteiger partial charge in [0, 0.05) is 11.0 Å². The van der Waals surface area contributed by atoms with Gasteiger partial charge in [-0.2, -0.15) is 0 Å². The second-order valence-electron chi connectivity index (χ2n) is 7.71. The summed E-state index contributed by atoms with van der Waals surface area (Å²) in [5, 5.41) is 19.6. The lowest BCUT2D eigenvalue weighted by molar-refractivity contribution is 0.0357. The number of hydrogen-bond donors (Lipinski definition) is 3. The Labute approximate surface area is 164 Å². The van der Waals surface area contributed by atoms with E-state index in [0.29, 0.717) is 5.56 Å². The van der Waals surface area contributed by atoms with Gasteiger partial charge < -0.3 is 10.0 Å². The van der Waals surface area contributed by atoms with Crippen LogP contribution in [0.5, 0.6) is 0 Å². The average Bonchev–Trinajstić information content (AvgIpc) is 2.56. The topological polar surface area (TPSA) is 89.9 Å². The summed E-state index contributed by atoms with van der Waals surface area (Å²) in [6.07, 6.45) is 0. The standard InChI is InChI=1S/C20H24BFN2O4/c1-12-9-13(2)11-14(10-12)19(26)24(20(3,4)5)23-18(25)15-7-6-8-16(17(15)22)21(27)28/h6-11,27-28H,1-5H3,(H,23,25). The van der Waals surface area contributed by atoms with Gasteiger partial charge in [0.05, 0.1) is 11.1 Å². The normalized spacial score (nSPS) is 11.1. The molecule has 2 rings (SSSR count). The monoisotopic (exact) mass is 386 g/mol. The Bertz CT molecular complexity index is 889. The van der Waals surface area contributed by atoms with Gasteiger partial charge in [0.1, 0.15) is 5.82 Å². The minimum atomic E-state index is -2.05. The van der Waals surface area contributed by atoms with Crippen molar-refractivity contribution in [2.24, 2.45) is 0 Å². The third-order valence-corrected chi connectivity index (χ3v) is 4.11. The zero-order chi connectivity index (χ0) is 21.2. The van der Waals surface area contributed by atoms with E-state index in [-0.39, 0.29) is 0 Å². The second-order valence-corrected chi connectivity index (χ2v) is 7.71. The van der Waals surface area contributed by atoms with E-state index in [2.05, 4.69) is 5.43 Å². The number of carbonyl (C=O) groups excluding carboxylic acids is 2. The lowest BCUT2D eigenvalue weighted by Crippen LogP contribution is -2.56. The van der Waals surface area contributed by atoms with Crippen LogP contribution >= 0.6 is 0 Å². The fraction of sp³-hybridized carbons (Fsp3) is 0.300. The molecule has 0 aliphatic carbocycles. The number of benzene rings is 2. The Hall–Kier alpha value is -2.71. The van der Waals surface area contributed by atoms with Crippen molar-refractivity contribution in [3.63, 3.8) is 0 Å². The van der Waals surface area contributed by atoms with Gasteiger partial charge in [-0.15, -0.1) is 0 Å². The number of nitrogens with zero attached hydrogens (tertiary/aromatic N) is 1. The van der Waals surface area contributed by atoms with Gasteiger partial charge in [-0.05, 0) is 52.8 Å². The number of halogens is 1. The molecule has 2 amide bonds. The van der Waals surface area contributed by atoms with E-state index in [1.807, 2.05) is 19.9 Å². The molecule has 3 N–H and O–H groups in total. The molecular formula is C20H24BFN2O4. The maximum atomic E-state index is 14.5. The molecule has 28 heavy (non-hydrogen) atoms. The molecule has 6 nitrogen and oxygen atoms in total. The predicted octanol–water partition coefficient (Wildman–Crippen LogP) is 1.71. The molecule has 148 valence electrons. The highest BCUT2D eigenvalue weighted by Crippen LogP contribution is 2.18. The average molecular weight is 386 g/mol. The lowest BCUT2D eigenvalue weighted by atomic mass is 9.79. The van der Waals surface area contributed by atoms with Crippen LogP contribution in [0.4, 0.5) is 4.39 Å². The van der Waals surface area contributed by atoms with Gasteiger partial charge in [-0.25, -0.2) is 9.40 Å². The Morgan fingerprint density at radius 3 is 2.14 bits per heavy atom. The van der Waals surface area contributed by atoms with Crippen LogP contribution in [0.2, 0.25) is 0 Å². The highest BCUT2D eigenvalue weighted by Gasteiger charge is 2.31. The van der Waals surface area contributed by atoms with Crippen LogP contribution in [0.3, 0.4) is 0 Å². The van der Waals surface area contributed by atoms with Crippen LogP contribution < -0.4 is 10.9 Å². The van der Waals surface area contributed by atoms with Crippen molar-refractivity contribution in [2.45, 2.75) is 40.2 Å². The molecule has 0 spiro atoms. The van der Waals surface area contributed by atoms with Crippen molar-refractivity contribution in [2.75, 3.05) is 0 Å². The zero-order valence-electron chi connectivity index (χ0n) is 16.6. The molecule has 0 fully saturated rings. The summed E-state index contributed by atoms with van der Waals surface area (Å²) < 4.78 is 14.5. The quantitative estimate of drug-likeness (QED) is 0.554. The number of nitrogens with one attached hydrogen (secondary N) is 1. The van der Waals surface area contributed by atoms with Crippen molar-refractivity contribution >= 4 is 24.4 Å².